The Hall–Kier alpha value is -1.67. The van der Waals surface area contributed by atoms with Crippen LogP contribution in [0.3, 0.4) is 0 Å². The number of carbonyl (C=O) groups excluding carboxylic acids is 1. The predicted molar refractivity (Wildman–Crippen MR) is 52.6 cm³/mol. The zero-order valence-corrected chi connectivity index (χ0v) is 8.12. The summed E-state index contributed by atoms with van der Waals surface area (Å²) in [5.41, 5.74) is 1.18. The minimum Gasteiger partial charge on any atom is -0.375 e. The maximum absolute atomic E-state index is 13.3. The molecule has 0 saturated carbocycles. The topological polar surface area (TPSA) is 32.7 Å². The third-order valence-corrected chi connectivity index (χ3v) is 1.82. The van der Waals surface area contributed by atoms with Gasteiger partial charge in [-0.1, -0.05) is 6.07 Å². The van der Waals surface area contributed by atoms with Gasteiger partial charge in [0.05, 0.1) is 12.2 Å². The Morgan fingerprint density at radius 2 is 2.21 bits per heavy atom. The fourth-order valence-electron chi connectivity index (χ4n) is 1.14. The monoisotopic (exact) mass is 194 g/mol. The van der Waals surface area contributed by atoms with E-state index in [9.17, 15) is 9.18 Å². The van der Waals surface area contributed by atoms with Gasteiger partial charge in [-0.15, -0.1) is 0 Å². The van der Waals surface area contributed by atoms with E-state index in [0.29, 0.717) is 11.3 Å². The van der Waals surface area contributed by atoms with E-state index in [-0.39, 0.29) is 12.4 Å². The molecule has 0 N–H and O–H groups in total. The zero-order valence-electron chi connectivity index (χ0n) is 8.12. The maximum atomic E-state index is 13.3. The summed E-state index contributed by atoms with van der Waals surface area (Å²) >= 11 is 0. The Morgan fingerprint density at radius 1 is 1.50 bits per heavy atom. The van der Waals surface area contributed by atoms with E-state index in [4.69, 9.17) is 0 Å². The van der Waals surface area contributed by atoms with E-state index < -0.39 is 0 Å². The normalized spacial score (nSPS) is 9.36. The molecule has 1 aromatic carbocycles. The van der Waals surface area contributed by atoms with E-state index in [1.165, 1.54) is 12.1 Å². The molecule has 0 aliphatic rings. The van der Waals surface area contributed by atoms with Crippen molar-refractivity contribution in [2.75, 3.05) is 19.0 Å². The van der Waals surface area contributed by atoms with Crippen LogP contribution in [0.2, 0.25) is 0 Å². The van der Waals surface area contributed by atoms with Crippen LogP contribution in [0.5, 0.6) is 0 Å². The maximum Gasteiger partial charge on any atom is 0.235 e. The summed E-state index contributed by atoms with van der Waals surface area (Å²) in [6.45, 7) is 0.175. The first-order chi connectivity index (χ1) is 6.65. The van der Waals surface area contributed by atoms with Crippen LogP contribution in [-0.2, 0) is 11.3 Å². The fraction of sp³-hybridized carbons (Fsp3) is 0.300. The summed E-state index contributed by atoms with van der Waals surface area (Å²) in [6.07, 6.45) is 1.42. The van der Waals surface area contributed by atoms with E-state index in [1.54, 1.807) is 31.1 Å². The van der Waals surface area contributed by atoms with Gasteiger partial charge in [-0.25, -0.2) is 14.2 Å². The molecule has 0 saturated heterocycles. The first kappa shape index (κ1) is 10.4. The number of aliphatic imine (C=N–C) groups is 1. The summed E-state index contributed by atoms with van der Waals surface area (Å²) in [4.78, 5) is 14.9. The van der Waals surface area contributed by atoms with Crippen LogP contribution in [0.1, 0.15) is 5.56 Å². The molecule has 0 aliphatic heterocycles. The van der Waals surface area contributed by atoms with Crippen molar-refractivity contribution in [2.24, 2.45) is 4.99 Å². The van der Waals surface area contributed by atoms with Crippen LogP contribution in [0.15, 0.2) is 23.2 Å². The molecule has 0 radical (unpaired) electrons. The number of hydrogen-bond acceptors (Lipinski definition) is 3. The second-order valence-electron chi connectivity index (χ2n) is 3.09. The Morgan fingerprint density at radius 3 is 2.71 bits per heavy atom. The second kappa shape index (κ2) is 4.53. The van der Waals surface area contributed by atoms with Crippen molar-refractivity contribution in [2.45, 2.75) is 6.54 Å². The predicted octanol–water partition coefficient (Wildman–Crippen LogP) is 1.73. The number of hydrogen-bond donors (Lipinski definition) is 0. The lowest BCUT2D eigenvalue weighted by atomic mass is 10.2. The minimum absolute atomic E-state index is 0.175. The van der Waals surface area contributed by atoms with Gasteiger partial charge < -0.3 is 4.90 Å². The molecule has 0 aliphatic carbocycles. The Balaban J connectivity index is 2.94. The summed E-state index contributed by atoms with van der Waals surface area (Å²) < 4.78 is 13.3. The number of rotatable bonds is 3. The van der Waals surface area contributed by atoms with Crippen molar-refractivity contribution in [3.63, 3.8) is 0 Å². The van der Waals surface area contributed by atoms with Gasteiger partial charge in [0.2, 0.25) is 6.08 Å². The SMILES string of the molecule is CN(C)c1ccc(CN=C=O)cc1F. The molecule has 0 heterocycles. The van der Waals surface area contributed by atoms with Crippen LogP contribution >= 0.6 is 0 Å². The van der Waals surface area contributed by atoms with Gasteiger partial charge in [0, 0.05) is 14.1 Å². The fourth-order valence-corrected chi connectivity index (χ4v) is 1.14. The Bertz CT molecular complexity index is 370. The number of benzene rings is 1. The molecule has 1 rings (SSSR count). The van der Waals surface area contributed by atoms with Crippen LogP contribution in [0, 0.1) is 5.82 Å². The zero-order chi connectivity index (χ0) is 10.6. The number of anilines is 1. The average molecular weight is 194 g/mol. The molecule has 0 unspecified atom stereocenters. The third-order valence-electron chi connectivity index (χ3n) is 1.82. The molecule has 0 bridgehead atoms. The van der Waals surface area contributed by atoms with Gasteiger partial charge in [-0.2, -0.15) is 0 Å². The smallest absolute Gasteiger partial charge is 0.235 e. The molecule has 0 aromatic heterocycles. The summed E-state index contributed by atoms with van der Waals surface area (Å²) in [5.74, 6) is -0.311. The molecule has 3 nitrogen and oxygen atoms in total. The van der Waals surface area contributed by atoms with E-state index >= 15 is 0 Å². The van der Waals surface area contributed by atoms with Crippen molar-refractivity contribution in [1.82, 2.24) is 0 Å². The largest absolute Gasteiger partial charge is 0.375 e. The van der Waals surface area contributed by atoms with Crippen molar-refractivity contribution < 1.29 is 9.18 Å². The van der Waals surface area contributed by atoms with Crippen molar-refractivity contribution in [1.29, 1.82) is 0 Å². The third kappa shape index (κ3) is 2.41. The molecular weight excluding hydrogens is 183 g/mol. The highest BCUT2D eigenvalue weighted by Crippen LogP contribution is 2.18. The van der Waals surface area contributed by atoms with Crippen LogP contribution in [-0.4, -0.2) is 20.2 Å². The number of isocyanates is 1. The summed E-state index contributed by atoms with van der Waals surface area (Å²) in [5, 5.41) is 0. The van der Waals surface area contributed by atoms with Gasteiger partial charge in [-0.05, 0) is 17.7 Å². The molecule has 0 spiro atoms. The van der Waals surface area contributed by atoms with Crippen molar-refractivity contribution >= 4 is 11.8 Å². The lowest BCUT2D eigenvalue weighted by Crippen LogP contribution is -2.10. The molecule has 0 fully saturated rings. The van der Waals surface area contributed by atoms with E-state index in [1.807, 2.05) is 0 Å². The standard InChI is InChI=1S/C10H11FN2O/c1-13(2)10-4-3-8(5-9(10)11)6-12-7-14/h3-5H,6H2,1-2H3. The molecule has 14 heavy (non-hydrogen) atoms. The molecule has 0 amide bonds. The molecular formula is C10H11FN2O. The summed E-state index contributed by atoms with van der Waals surface area (Å²) in [6, 6.07) is 4.76. The second-order valence-corrected chi connectivity index (χ2v) is 3.09. The highest BCUT2D eigenvalue weighted by Gasteiger charge is 2.04. The van der Waals surface area contributed by atoms with E-state index in [0.717, 1.165) is 0 Å². The lowest BCUT2D eigenvalue weighted by molar-refractivity contribution is 0.562. The van der Waals surface area contributed by atoms with Crippen LogP contribution in [0.25, 0.3) is 0 Å². The van der Waals surface area contributed by atoms with Crippen LogP contribution < -0.4 is 4.90 Å². The highest BCUT2D eigenvalue weighted by molar-refractivity contribution is 5.48. The van der Waals surface area contributed by atoms with Gasteiger partial charge in [-0.3, -0.25) is 0 Å². The molecule has 74 valence electrons. The molecule has 0 atom stereocenters. The summed E-state index contributed by atoms with van der Waals surface area (Å²) in [7, 11) is 3.53. The number of halogens is 1. The van der Waals surface area contributed by atoms with Gasteiger partial charge in [0.25, 0.3) is 0 Å². The average Bonchev–Trinajstić information content (AvgIpc) is 2.14. The van der Waals surface area contributed by atoms with Gasteiger partial charge in [0.15, 0.2) is 0 Å². The minimum atomic E-state index is -0.311. The van der Waals surface area contributed by atoms with E-state index in [2.05, 4.69) is 4.99 Å². The van der Waals surface area contributed by atoms with Crippen molar-refractivity contribution in [3.05, 3.63) is 29.6 Å². The molecule has 1 aromatic rings. The molecule has 4 heteroatoms. The first-order valence-electron chi connectivity index (χ1n) is 4.14. The quantitative estimate of drug-likeness (QED) is 0.542. The van der Waals surface area contributed by atoms with Gasteiger partial charge in [0.1, 0.15) is 5.82 Å². The van der Waals surface area contributed by atoms with Crippen molar-refractivity contribution in [3.8, 4) is 0 Å². The Kier molecular flexibility index (Phi) is 3.37. The highest BCUT2D eigenvalue weighted by atomic mass is 19.1. The first-order valence-corrected chi connectivity index (χ1v) is 4.14. The van der Waals surface area contributed by atoms with Gasteiger partial charge >= 0.3 is 0 Å². The van der Waals surface area contributed by atoms with Crippen LogP contribution in [0.4, 0.5) is 10.1 Å². The Labute approximate surface area is 81.9 Å². The number of nitrogens with zero attached hydrogens (tertiary/aromatic N) is 2. The lowest BCUT2D eigenvalue weighted by Gasteiger charge is -2.13.